The van der Waals surface area contributed by atoms with Crippen molar-refractivity contribution in [1.29, 1.82) is 0 Å². The molecular formula is C13H14N2O4. The summed E-state index contributed by atoms with van der Waals surface area (Å²) in [6.07, 6.45) is 5.03. The second-order valence-corrected chi connectivity index (χ2v) is 3.58. The van der Waals surface area contributed by atoms with E-state index < -0.39 is 5.97 Å². The van der Waals surface area contributed by atoms with Crippen LogP contribution in [0.25, 0.3) is 0 Å². The van der Waals surface area contributed by atoms with Crippen LogP contribution in [0.1, 0.15) is 10.4 Å². The van der Waals surface area contributed by atoms with E-state index in [1.54, 1.807) is 0 Å². The lowest BCUT2D eigenvalue weighted by atomic mass is 10.2. The Morgan fingerprint density at radius 1 is 1.47 bits per heavy atom. The third-order valence-electron chi connectivity index (χ3n) is 2.23. The Bertz CT molecular complexity index is 520. The fourth-order valence-corrected chi connectivity index (χ4v) is 1.40. The lowest BCUT2D eigenvalue weighted by Gasteiger charge is -2.09. The Morgan fingerprint density at radius 2 is 2.21 bits per heavy atom. The molecule has 0 aromatic heterocycles. The second-order valence-electron chi connectivity index (χ2n) is 3.58. The number of ether oxygens (including phenoxy) is 1. The Kier molecular flexibility index (Phi) is 5.38. The molecule has 0 aliphatic heterocycles. The molecule has 1 aromatic rings. The molecular weight excluding hydrogens is 248 g/mol. The molecule has 0 spiro atoms. The number of benzene rings is 1. The predicted molar refractivity (Wildman–Crippen MR) is 70.3 cm³/mol. The number of carbonyl (C=O) groups is 2. The monoisotopic (exact) mass is 262 g/mol. The van der Waals surface area contributed by atoms with Gasteiger partial charge in [-0.2, -0.15) is 0 Å². The molecule has 0 bridgehead atoms. The van der Waals surface area contributed by atoms with Gasteiger partial charge in [0.15, 0.2) is 0 Å². The SMILES string of the molecule is C#CCNCC(=O)Nc1ccc(C(=O)O)c(OC)c1. The highest BCUT2D eigenvalue weighted by Crippen LogP contribution is 2.23. The number of terminal acetylenes is 1. The van der Waals surface area contributed by atoms with Crippen molar-refractivity contribution in [2.24, 2.45) is 0 Å². The van der Waals surface area contributed by atoms with Crippen LogP contribution in [0.4, 0.5) is 5.69 Å². The fraction of sp³-hybridized carbons (Fsp3) is 0.231. The molecule has 3 N–H and O–H groups in total. The number of amides is 1. The Morgan fingerprint density at radius 3 is 2.79 bits per heavy atom. The molecule has 0 atom stereocenters. The lowest BCUT2D eigenvalue weighted by molar-refractivity contribution is -0.115. The van der Waals surface area contributed by atoms with E-state index in [1.165, 1.54) is 25.3 Å². The predicted octanol–water partition coefficient (Wildman–Crippen LogP) is 0.555. The average Bonchev–Trinajstić information content (AvgIpc) is 2.38. The maximum absolute atomic E-state index is 11.5. The molecule has 0 aliphatic rings. The number of carboxylic acid groups (broad SMARTS) is 1. The minimum atomic E-state index is -1.09. The van der Waals surface area contributed by atoms with Gasteiger partial charge >= 0.3 is 5.97 Å². The zero-order valence-electron chi connectivity index (χ0n) is 10.4. The van der Waals surface area contributed by atoms with Crippen molar-refractivity contribution >= 4 is 17.6 Å². The van der Waals surface area contributed by atoms with Crippen molar-refractivity contribution in [3.8, 4) is 18.1 Å². The van der Waals surface area contributed by atoms with E-state index in [-0.39, 0.29) is 23.8 Å². The van der Waals surface area contributed by atoms with Gasteiger partial charge in [0.25, 0.3) is 0 Å². The number of hydrogen-bond donors (Lipinski definition) is 3. The third kappa shape index (κ3) is 4.33. The van der Waals surface area contributed by atoms with Crippen LogP contribution in [0.5, 0.6) is 5.75 Å². The highest BCUT2D eigenvalue weighted by molar-refractivity contribution is 5.95. The van der Waals surface area contributed by atoms with Gasteiger partial charge < -0.3 is 15.2 Å². The molecule has 0 saturated heterocycles. The number of rotatable bonds is 6. The first-order chi connectivity index (χ1) is 9.08. The van der Waals surface area contributed by atoms with E-state index in [4.69, 9.17) is 16.3 Å². The van der Waals surface area contributed by atoms with Gasteiger partial charge in [0, 0.05) is 11.8 Å². The zero-order chi connectivity index (χ0) is 14.3. The number of anilines is 1. The Labute approximate surface area is 110 Å². The minimum absolute atomic E-state index is 0.0333. The zero-order valence-corrected chi connectivity index (χ0v) is 10.4. The number of aromatic carboxylic acids is 1. The van der Waals surface area contributed by atoms with Crippen LogP contribution in [0.3, 0.4) is 0 Å². The first-order valence-electron chi connectivity index (χ1n) is 5.44. The van der Waals surface area contributed by atoms with Crippen molar-refractivity contribution in [3.05, 3.63) is 23.8 Å². The summed E-state index contributed by atoms with van der Waals surface area (Å²) in [6, 6.07) is 4.30. The standard InChI is InChI=1S/C13H14N2O4/c1-3-6-14-8-12(16)15-9-4-5-10(13(17)18)11(7-9)19-2/h1,4-5,7,14H,6,8H2,2H3,(H,15,16)(H,17,18). The first kappa shape index (κ1) is 14.5. The largest absolute Gasteiger partial charge is 0.496 e. The average molecular weight is 262 g/mol. The van der Waals surface area contributed by atoms with Gasteiger partial charge in [-0.25, -0.2) is 4.79 Å². The summed E-state index contributed by atoms with van der Waals surface area (Å²) in [7, 11) is 1.36. The van der Waals surface area contributed by atoms with Crippen LogP contribution in [-0.4, -0.2) is 37.2 Å². The van der Waals surface area contributed by atoms with Crippen molar-refractivity contribution < 1.29 is 19.4 Å². The molecule has 1 rings (SSSR count). The van der Waals surface area contributed by atoms with Crippen LogP contribution in [0.15, 0.2) is 18.2 Å². The number of carboxylic acids is 1. The molecule has 0 heterocycles. The molecule has 0 unspecified atom stereocenters. The molecule has 0 radical (unpaired) electrons. The molecule has 1 aromatic carbocycles. The smallest absolute Gasteiger partial charge is 0.339 e. The van der Waals surface area contributed by atoms with Crippen molar-refractivity contribution in [2.45, 2.75) is 0 Å². The molecule has 0 fully saturated rings. The van der Waals surface area contributed by atoms with Crippen LogP contribution in [0.2, 0.25) is 0 Å². The van der Waals surface area contributed by atoms with Gasteiger partial charge in [0.2, 0.25) is 5.91 Å². The Hall–Kier alpha value is -2.52. The van der Waals surface area contributed by atoms with Gasteiger partial charge in [-0.05, 0) is 12.1 Å². The van der Waals surface area contributed by atoms with Gasteiger partial charge in [0.05, 0.1) is 20.2 Å². The van der Waals surface area contributed by atoms with Crippen molar-refractivity contribution in [1.82, 2.24) is 5.32 Å². The molecule has 0 aliphatic carbocycles. The van der Waals surface area contributed by atoms with Gasteiger partial charge in [-0.1, -0.05) is 5.92 Å². The quantitative estimate of drug-likeness (QED) is 0.515. The number of hydrogen-bond acceptors (Lipinski definition) is 4. The highest BCUT2D eigenvalue weighted by atomic mass is 16.5. The molecule has 6 nitrogen and oxygen atoms in total. The highest BCUT2D eigenvalue weighted by Gasteiger charge is 2.12. The van der Waals surface area contributed by atoms with Crippen molar-refractivity contribution in [3.63, 3.8) is 0 Å². The summed E-state index contributed by atoms with van der Waals surface area (Å²) in [4.78, 5) is 22.4. The van der Waals surface area contributed by atoms with Crippen LogP contribution in [-0.2, 0) is 4.79 Å². The molecule has 6 heteroatoms. The van der Waals surface area contributed by atoms with Crippen LogP contribution in [0, 0.1) is 12.3 Å². The molecule has 100 valence electrons. The maximum Gasteiger partial charge on any atom is 0.339 e. The van der Waals surface area contributed by atoms with E-state index in [1.807, 2.05) is 0 Å². The summed E-state index contributed by atoms with van der Waals surface area (Å²) in [5.74, 6) is 1.16. The molecule has 1 amide bonds. The minimum Gasteiger partial charge on any atom is -0.496 e. The summed E-state index contributed by atoms with van der Waals surface area (Å²) < 4.78 is 4.95. The second kappa shape index (κ2) is 7.03. The molecule has 0 saturated carbocycles. The fourth-order valence-electron chi connectivity index (χ4n) is 1.40. The van der Waals surface area contributed by atoms with Gasteiger partial charge in [-0.15, -0.1) is 6.42 Å². The maximum atomic E-state index is 11.5. The summed E-state index contributed by atoms with van der Waals surface area (Å²) >= 11 is 0. The van der Waals surface area contributed by atoms with Crippen molar-refractivity contribution in [2.75, 3.05) is 25.5 Å². The van der Waals surface area contributed by atoms with Crippen LogP contribution < -0.4 is 15.4 Å². The Balaban J connectivity index is 2.72. The number of carbonyl (C=O) groups excluding carboxylic acids is 1. The summed E-state index contributed by atoms with van der Waals surface area (Å²) in [6.45, 7) is 0.377. The number of nitrogens with one attached hydrogen (secondary N) is 2. The number of methoxy groups -OCH3 is 1. The first-order valence-corrected chi connectivity index (χ1v) is 5.44. The normalized spacial score (nSPS) is 9.47. The van der Waals surface area contributed by atoms with E-state index in [0.717, 1.165) is 0 Å². The van der Waals surface area contributed by atoms with Crippen LogP contribution >= 0.6 is 0 Å². The van der Waals surface area contributed by atoms with E-state index in [9.17, 15) is 9.59 Å². The third-order valence-corrected chi connectivity index (χ3v) is 2.23. The summed E-state index contributed by atoms with van der Waals surface area (Å²) in [5, 5.41) is 14.3. The van der Waals surface area contributed by atoms with E-state index in [2.05, 4.69) is 16.6 Å². The summed E-state index contributed by atoms with van der Waals surface area (Å²) in [5.41, 5.74) is 0.486. The lowest BCUT2D eigenvalue weighted by Crippen LogP contribution is -2.28. The van der Waals surface area contributed by atoms with Gasteiger partial charge in [-0.3, -0.25) is 10.1 Å². The molecule has 19 heavy (non-hydrogen) atoms. The topological polar surface area (TPSA) is 87.7 Å². The van der Waals surface area contributed by atoms with E-state index >= 15 is 0 Å². The van der Waals surface area contributed by atoms with Gasteiger partial charge in [0.1, 0.15) is 11.3 Å². The van der Waals surface area contributed by atoms with E-state index in [0.29, 0.717) is 12.2 Å².